The number of sulfone groups is 1. The topological polar surface area (TPSA) is 63.2 Å². The largest absolute Gasteiger partial charge is 0.317 e. The minimum absolute atomic E-state index is 0.0298. The molecule has 4 nitrogen and oxygen atoms in total. The maximum absolute atomic E-state index is 11.3. The molecule has 0 aromatic carbocycles. The summed E-state index contributed by atoms with van der Waals surface area (Å²) in [5, 5.41) is 3.21. The highest BCUT2D eigenvalue weighted by Gasteiger charge is 2.06. The summed E-state index contributed by atoms with van der Waals surface area (Å²) in [6.45, 7) is 3.94. The van der Waals surface area contributed by atoms with Gasteiger partial charge in [0.15, 0.2) is 0 Å². The van der Waals surface area contributed by atoms with E-state index in [1.165, 1.54) is 6.26 Å². The van der Waals surface area contributed by atoms with Gasteiger partial charge in [-0.1, -0.05) is 6.92 Å². The second-order valence-electron chi connectivity index (χ2n) is 3.58. The molecule has 0 spiro atoms. The number of hydrogen-bond donors (Lipinski definition) is 1. The van der Waals surface area contributed by atoms with Crippen molar-refractivity contribution in [3.8, 4) is 0 Å². The lowest BCUT2D eigenvalue weighted by atomic mass is 10.4. The van der Waals surface area contributed by atoms with Crippen LogP contribution in [0.5, 0.6) is 0 Å². The minimum Gasteiger partial charge on any atom is -0.317 e. The Morgan fingerprint density at radius 1 is 1.20 bits per heavy atom. The fourth-order valence-electron chi connectivity index (χ4n) is 1.01. The van der Waals surface area contributed by atoms with Gasteiger partial charge in [0.25, 0.3) is 0 Å². The molecule has 0 saturated carbocycles. The lowest BCUT2D eigenvalue weighted by molar-refractivity contribution is 0.602. The summed E-state index contributed by atoms with van der Waals surface area (Å²) in [6.07, 6.45) is 3.11. The van der Waals surface area contributed by atoms with E-state index in [1.54, 1.807) is 0 Å². The number of hydrogen-bond acceptors (Lipinski definition) is 4. The Balaban J connectivity index is 3.42. The summed E-state index contributed by atoms with van der Waals surface area (Å²) in [6, 6.07) is 0. The summed E-state index contributed by atoms with van der Waals surface area (Å²) >= 11 is 0. The smallest absolute Gasteiger partial charge is 0.148 e. The summed E-state index contributed by atoms with van der Waals surface area (Å²) in [4.78, 5) is 0. The predicted molar refractivity (Wildman–Crippen MR) is 65.4 cm³/mol. The molecule has 0 amide bonds. The summed E-state index contributed by atoms with van der Waals surface area (Å²) in [5.41, 5.74) is 0. The molecule has 0 saturated heterocycles. The summed E-state index contributed by atoms with van der Waals surface area (Å²) in [7, 11) is -3.96. The molecule has 1 N–H and O–H groups in total. The van der Waals surface area contributed by atoms with Crippen LogP contribution in [0.1, 0.15) is 19.8 Å². The molecular formula is C9H21NO3S2. The van der Waals surface area contributed by atoms with Gasteiger partial charge in [-0.3, -0.25) is 4.21 Å². The van der Waals surface area contributed by atoms with Crippen LogP contribution in [-0.2, 0) is 20.6 Å². The van der Waals surface area contributed by atoms with E-state index >= 15 is 0 Å². The van der Waals surface area contributed by atoms with Gasteiger partial charge in [0, 0.05) is 28.6 Å². The van der Waals surface area contributed by atoms with Crippen molar-refractivity contribution < 1.29 is 12.6 Å². The predicted octanol–water partition coefficient (Wildman–Crippen LogP) is 0.169. The zero-order chi connectivity index (χ0) is 11.7. The molecule has 92 valence electrons. The van der Waals surface area contributed by atoms with Crippen LogP contribution in [0.2, 0.25) is 0 Å². The maximum Gasteiger partial charge on any atom is 0.148 e. The third-order valence-corrected chi connectivity index (χ3v) is 4.44. The molecular weight excluding hydrogens is 234 g/mol. The van der Waals surface area contributed by atoms with Crippen molar-refractivity contribution in [2.24, 2.45) is 0 Å². The first-order valence-electron chi connectivity index (χ1n) is 5.19. The Morgan fingerprint density at radius 3 is 2.40 bits per heavy atom. The Labute approximate surface area is 95.2 Å². The minimum atomic E-state index is -2.97. The standard InChI is InChI=1S/C9H21NO3S2/c1-3-5-10-6-4-7-14(11)8-9-15(2,12)13/h10H,3-9H2,1-2H3. The van der Waals surface area contributed by atoms with Crippen LogP contribution in [0.25, 0.3) is 0 Å². The van der Waals surface area contributed by atoms with Crippen LogP contribution in [0.15, 0.2) is 0 Å². The van der Waals surface area contributed by atoms with Crippen LogP contribution < -0.4 is 5.32 Å². The zero-order valence-corrected chi connectivity index (χ0v) is 11.1. The molecule has 0 aromatic rings. The van der Waals surface area contributed by atoms with E-state index in [2.05, 4.69) is 12.2 Å². The Morgan fingerprint density at radius 2 is 1.87 bits per heavy atom. The first-order valence-corrected chi connectivity index (χ1v) is 8.74. The molecule has 0 aliphatic heterocycles. The van der Waals surface area contributed by atoms with Crippen molar-refractivity contribution in [1.82, 2.24) is 5.32 Å². The highest BCUT2D eigenvalue weighted by atomic mass is 32.2. The molecule has 0 rings (SSSR count). The van der Waals surface area contributed by atoms with Crippen molar-refractivity contribution >= 4 is 20.6 Å². The molecule has 0 heterocycles. The van der Waals surface area contributed by atoms with Gasteiger partial charge in [-0.25, -0.2) is 8.42 Å². The van der Waals surface area contributed by atoms with Crippen LogP contribution in [0, 0.1) is 0 Å². The lowest BCUT2D eigenvalue weighted by Crippen LogP contribution is -2.19. The molecule has 0 aliphatic rings. The molecule has 1 atom stereocenters. The number of rotatable bonds is 9. The molecule has 0 aliphatic carbocycles. The molecule has 0 fully saturated rings. The third-order valence-electron chi connectivity index (χ3n) is 1.83. The highest BCUT2D eigenvalue weighted by Crippen LogP contribution is 1.91. The van der Waals surface area contributed by atoms with Gasteiger partial charge >= 0.3 is 0 Å². The van der Waals surface area contributed by atoms with Gasteiger partial charge in [-0.15, -0.1) is 0 Å². The van der Waals surface area contributed by atoms with Gasteiger partial charge in [-0.05, 0) is 25.9 Å². The van der Waals surface area contributed by atoms with Crippen molar-refractivity contribution in [2.45, 2.75) is 19.8 Å². The van der Waals surface area contributed by atoms with Gasteiger partial charge in [0.1, 0.15) is 9.84 Å². The summed E-state index contributed by atoms with van der Waals surface area (Å²) < 4.78 is 32.9. The van der Waals surface area contributed by atoms with Gasteiger partial charge in [0.05, 0.1) is 5.75 Å². The second kappa shape index (κ2) is 8.24. The first kappa shape index (κ1) is 15.1. The average molecular weight is 255 g/mol. The second-order valence-corrected chi connectivity index (χ2v) is 7.54. The van der Waals surface area contributed by atoms with Crippen molar-refractivity contribution in [1.29, 1.82) is 0 Å². The number of nitrogens with one attached hydrogen (secondary N) is 1. The summed E-state index contributed by atoms with van der Waals surface area (Å²) in [5.74, 6) is 0.890. The molecule has 6 heteroatoms. The molecule has 0 radical (unpaired) electrons. The van der Waals surface area contributed by atoms with Crippen LogP contribution in [0.3, 0.4) is 0 Å². The van der Waals surface area contributed by atoms with E-state index in [-0.39, 0.29) is 11.5 Å². The zero-order valence-electron chi connectivity index (χ0n) is 9.49. The molecule has 1 unspecified atom stereocenters. The van der Waals surface area contributed by atoms with E-state index in [9.17, 15) is 12.6 Å². The molecule has 0 aromatic heterocycles. The molecule has 15 heavy (non-hydrogen) atoms. The van der Waals surface area contributed by atoms with E-state index in [0.717, 1.165) is 25.9 Å². The highest BCUT2D eigenvalue weighted by molar-refractivity contribution is 7.92. The Bertz CT molecular complexity index is 275. The van der Waals surface area contributed by atoms with E-state index in [0.29, 0.717) is 5.75 Å². The first-order chi connectivity index (χ1) is 6.95. The van der Waals surface area contributed by atoms with Gasteiger partial charge < -0.3 is 5.32 Å². The monoisotopic (exact) mass is 255 g/mol. The van der Waals surface area contributed by atoms with Crippen molar-refractivity contribution in [2.75, 3.05) is 36.6 Å². The lowest BCUT2D eigenvalue weighted by Gasteiger charge is -2.03. The Hall–Kier alpha value is 0.0600. The normalized spacial score (nSPS) is 14.0. The maximum atomic E-state index is 11.3. The van der Waals surface area contributed by atoms with Crippen LogP contribution in [-0.4, -0.2) is 49.2 Å². The third kappa shape index (κ3) is 12.0. The van der Waals surface area contributed by atoms with Gasteiger partial charge in [0.2, 0.25) is 0 Å². The van der Waals surface area contributed by atoms with E-state index in [1.807, 2.05) is 0 Å². The quantitative estimate of drug-likeness (QED) is 0.597. The fraction of sp³-hybridized carbons (Fsp3) is 1.00. The fourth-order valence-corrected chi connectivity index (χ4v) is 3.63. The Kier molecular flexibility index (Phi) is 8.27. The van der Waals surface area contributed by atoms with Crippen molar-refractivity contribution in [3.63, 3.8) is 0 Å². The van der Waals surface area contributed by atoms with Crippen molar-refractivity contribution in [3.05, 3.63) is 0 Å². The van der Waals surface area contributed by atoms with Crippen LogP contribution >= 0.6 is 0 Å². The molecule has 0 bridgehead atoms. The SMILES string of the molecule is CCCNCCCS(=O)CCS(C)(=O)=O. The van der Waals surface area contributed by atoms with Gasteiger partial charge in [-0.2, -0.15) is 0 Å². The van der Waals surface area contributed by atoms with Crippen LogP contribution in [0.4, 0.5) is 0 Å². The van der Waals surface area contributed by atoms with E-state index in [4.69, 9.17) is 0 Å². The average Bonchev–Trinajstić information content (AvgIpc) is 2.13. The van der Waals surface area contributed by atoms with E-state index < -0.39 is 20.6 Å².